The maximum Gasteiger partial charge on any atom is 0.339 e. The Morgan fingerprint density at radius 1 is 1.44 bits per heavy atom. The van der Waals surface area contributed by atoms with Crippen LogP contribution < -0.4 is 5.32 Å². The van der Waals surface area contributed by atoms with Crippen molar-refractivity contribution >= 4 is 5.97 Å². The number of nitrogens with zero attached hydrogens (tertiary/aromatic N) is 1. The van der Waals surface area contributed by atoms with Crippen LogP contribution in [0.25, 0.3) is 0 Å². The number of carbonyl (C=O) groups excluding carboxylic acids is 1. The normalized spacial score (nSPS) is 17.1. The van der Waals surface area contributed by atoms with E-state index in [0.29, 0.717) is 11.5 Å². The molecule has 1 fully saturated rings. The summed E-state index contributed by atoms with van der Waals surface area (Å²) in [6.45, 7) is 2.07. The average molecular weight is 220 g/mol. The summed E-state index contributed by atoms with van der Waals surface area (Å²) in [5.74, 6) is 0.196. The predicted molar refractivity (Wildman–Crippen MR) is 60.4 cm³/mol. The topological polar surface area (TPSA) is 51.2 Å². The number of aromatic nitrogens is 1. The van der Waals surface area contributed by atoms with Gasteiger partial charge in [0.05, 0.1) is 12.7 Å². The van der Waals surface area contributed by atoms with Gasteiger partial charge in [0.2, 0.25) is 0 Å². The molecule has 2 rings (SSSR count). The van der Waals surface area contributed by atoms with Crippen molar-refractivity contribution in [3.63, 3.8) is 0 Å². The van der Waals surface area contributed by atoms with Crippen molar-refractivity contribution in [2.45, 2.75) is 18.8 Å². The molecule has 86 valence electrons. The fourth-order valence-corrected chi connectivity index (χ4v) is 2.07. The van der Waals surface area contributed by atoms with Crippen LogP contribution in [-0.2, 0) is 4.74 Å². The number of hydrogen-bond donors (Lipinski definition) is 1. The number of esters is 1. The molecule has 0 bridgehead atoms. The van der Waals surface area contributed by atoms with Crippen LogP contribution in [0.5, 0.6) is 0 Å². The second-order valence-electron chi connectivity index (χ2n) is 4.02. The zero-order valence-electron chi connectivity index (χ0n) is 9.40. The van der Waals surface area contributed by atoms with Crippen LogP contribution in [0, 0.1) is 0 Å². The van der Waals surface area contributed by atoms with Crippen LogP contribution in [0.1, 0.15) is 34.7 Å². The van der Waals surface area contributed by atoms with Gasteiger partial charge in [0.15, 0.2) is 0 Å². The summed E-state index contributed by atoms with van der Waals surface area (Å²) in [5, 5.41) is 3.32. The van der Waals surface area contributed by atoms with E-state index in [1.165, 1.54) is 7.11 Å². The first-order valence-corrected chi connectivity index (χ1v) is 5.55. The summed E-state index contributed by atoms with van der Waals surface area (Å²) in [6.07, 6.45) is 5.61. The Labute approximate surface area is 95.0 Å². The van der Waals surface area contributed by atoms with Crippen LogP contribution in [0.3, 0.4) is 0 Å². The molecule has 1 aromatic heterocycles. The predicted octanol–water partition coefficient (Wildman–Crippen LogP) is 1.34. The maximum absolute atomic E-state index is 11.4. The van der Waals surface area contributed by atoms with Gasteiger partial charge in [-0.05, 0) is 43.5 Å². The number of hydrogen-bond acceptors (Lipinski definition) is 4. The van der Waals surface area contributed by atoms with Gasteiger partial charge in [0, 0.05) is 12.4 Å². The van der Waals surface area contributed by atoms with Gasteiger partial charge in [-0.3, -0.25) is 4.98 Å². The summed E-state index contributed by atoms with van der Waals surface area (Å²) in [7, 11) is 1.39. The molecular weight excluding hydrogens is 204 g/mol. The lowest BCUT2D eigenvalue weighted by Gasteiger charge is -2.22. The van der Waals surface area contributed by atoms with E-state index in [-0.39, 0.29) is 5.97 Å². The smallest absolute Gasteiger partial charge is 0.339 e. The Kier molecular flexibility index (Phi) is 3.51. The summed E-state index contributed by atoms with van der Waals surface area (Å²) in [6, 6.07) is 1.90. The molecule has 0 atom stereocenters. The molecule has 1 aliphatic heterocycles. The number of methoxy groups -OCH3 is 1. The van der Waals surface area contributed by atoms with Gasteiger partial charge in [0.1, 0.15) is 0 Å². The first-order chi connectivity index (χ1) is 7.81. The van der Waals surface area contributed by atoms with E-state index >= 15 is 0 Å². The molecule has 0 unspecified atom stereocenters. The van der Waals surface area contributed by atoms with Gasteiger partial charge in [-0.25, -0.2) is 4.79 Å². The molecule has 0 radical (unpaired) electrons. The van der Waals surface area contributed by atoms with Crippen molar-refractivity contribution in [1.82, 2.24) is 10.3 Å². The maximum atomic E-state index is 11.4. The molecule has 1 aromatic rings. The van der Waals surface area contributed by atoms with Crippen molar-refractivity contribution in [3.8, 4) is 0 Å². The molecule has 16 heavy (non-hydrogen) atoms. The number of carbonyl (C=O) groups is 1. The first-order valence-electron chi connectivity index (χ1n) is 5.55. The summed E-state index contributed by atoms with van der Waals surface area (Å²) >= 11 is 0. The molecule has 1 saturated heterocycles. The van der Waals surface area contributed by atoms with Gasteiger partial charge in [0.25, 0.3) is 0 Å². The first kappa shape index (κ1) is 11.1. The lowest BCUT2D eigenvalue weighted by molar-refractivity contribution is 0.0600. The Morgan fingerprint density at radius 3 is 2.88 bits per heavy atom. The highest BCUT2D eigenvalue weighted by molar-refractivity contribution is 5.89. The average Bonchev–Trinajstić information content (AvgIpc) is 2.39. The SMILES string of the molecule is COC(=O)c1cncc(C2CCNCC2)c1. The minimum Gasteiger partial charge on any atom is -0.465 e. The third-order valence-electron chi connectivity index (χ3n) is 2.99. The monoisotopic (exact) mass is 220 g/mol. The Balaban J connectivity index is 2.17. The Bertz CT molecular complexity index is 373. The minimum atomic E-state index is -0.316. The van der Waals surface area contributed by atoms with E-state index in [2.05, 4.69) is 15.0 Å². The van der Waals surface area contributed by atoms with Gasteiger partial charge in [-0.15, -0.1) is 0 Å². The summed E-state index contributed by atoms with van der Waals surface area (Å²) in [4.78, 5) is 15.5. The van der Waals surface area contributed by atoms with E-state index < -0.39 is 0 Å². The van der Waals surface area contributed by atoms with E-state index in [0.717, 1.165) is 31.5 Å². The van der Waals surface area contributed by atoms with Crippen molar-refractivity contribution in [2.24, 2.45) is 0 Å². The molecule has 0 aliphatic carbocycles. The fraction of sp³-hybridized carbons (Fsp3) is 0.500. The lowest BCUT2D eigenvalue weighted by atomic mass is 9.91. The Morgan fingerprint density at radius 2 is 2.19 bits per heavy atom. The van der Waals surface area contributed by atoms with E-state index in [9.17, 15) is 4.79 Å². The van der Waals surface area contributed by atoms with Crippen LogP contribution in [-0.4, -0.2) is 31.2 Å². The second kappa shape index (κ2) is 5.07. The van der Waals surface area contributed by atoms with Gasteiger partial charge in [-0.1, -0.05) is 0 Å². The van der Waals surface area contributed by atoms with Crippen LogP contribution in [0.15, 0.2) is 18.5 Å². The van der Waals surface area contributed by atoms with Crippen LogP contribution in [0.4, 0.5) is 0 Å². The molecular formula is C12H16N2O2. The van der Waals surface area contributed by atoms with E-state index in [1.807, 2.05) is 12.3 Å². The van der Waals surface area contributed by atoms with Crippen molar-refractivity contribution < 1.29 is 9.53 Å². The summed E-state index contributed by atoms with van der Waals surface area (Å²) in [5.41, 5.74) is 1.68. The lowest BCUT2D eigenvalue weighted by Crippen LogP contribution is -2.26. The highest BCUT2D eigenvalue weighted by Gasteiger charge is 2.17. The molecule has 1 N–H and O–H groups in total. The molecule has 0 saturated carbocycles. The molecule has 4 heteroatoms. The molecule has 0 spiro atoms. The van der Waals surface area contributed by atoms with Crippen molar-refractivity contribution in [3.05, 3.63) is 29.6 Å². The quantitative estimate of drug-likeness (QED) is 0.764. The van der Waals surface area contributed by atoms with Gasteiger partial charge < -0.3 is 10.1 Å². The Hall–Kier alpha value is -1.42. The number of rotatable bonds is 2. The van der Waals surface area contributed by atoms with Gasteiger partial charge in [-0.2, -0.15) is 0 Å². The molecule has 4 nitrogen and oxygen atoms in total. The van der Waals surface area contributed by atoms with Crippen LogP contribution in [0.2, 0.25) is 0 Å². The number of nitrogens with one attached hydrogen (secondary N) is 1. The number of ether oxygens (including phenoxy) is 1. The highest BCUT2D eigenvalue weighted by Crippen LogP contribution is 2.25. The second-order valence-corrected chi connectivity index (χ2v) is 4.02. The van der Waals surface area contributed by atoms with Gasteiger partial charge >= 0.3 is 5.97 Å². The van der Waals surface area contributed by atoms with Crippen molar-refractivity contribution in [1.29, 1.82) is 0 Å². The zero-order chi connectivity index (χ0) is 11.4. The van der Waals surface area contributed by atoms with E-state index in [1.54, 1.807) is 6.20 Å². The standard InChI is InChI=1S/C12H16N2O2/c1-16-12(15)11-6-10(7-14-8-11)9-2-4-13-5-3-9/h6-9,13H,2-5H2,1H3. The van der Waals surface area contributed by atoms with Crippen LogP contribution >= 0.6 is 0 Å². The molecule has 1 aliphatic rings. The fourth-order valence-electron chi connectivity index (χ4n) is 2.07. The third kappa shape index (κ3) is 2.39. The molecule has 2 heterocycles. The number of piperidine rings is 1. The molecule has 0 amide bonds. The highest BCUT2D eigenvalue weighted by atomic mass is 16.5. The molecule has 0 aromatic carbocycles. The largest absolute Gasteiger partial charge is 0.465 e. The minimum absolute atomic E-state index is 0.316. The summed E-state index contributed by atoms with van der Waals surface area (Å²) < 4.78 is 4.69. The number of pyridine rings is 1. The zero-order valence-corrected chi connectivity index (χ0v) is 9.40. The van der Waals surface area contributed by atoms with Crippen molar-refractivity contribution in [2.75, 3.05) is 20.2 Å². The third-order valence-corrected chi connectivity index (χ3v) is 2.99. The van der Waals surface area contributed by atoms with E-state index in [4.69, 9.17) is 0 Å².